The Morgan fingerprint density at radius 1 is 0.781 bits per heavy atom. The van der Waals surface area contributed by atoms with Crippen LogP contribution in [0.4, 0.5) is 5.69 Å². The molecule has 0 aromatic heterocycles. The number of carbonyl (C=O) groups is 1. The first-order valence-corrected chi connectivity index (χ1v) is 12.7. The van der Waals surface area contributed by atoms with Crippen molar-refractivity contribution in [1.82, 2.24) is 0 Å². The van der Waals surface area contributed by atoms with Gasteiger partial charge in [0.05, 0.1) is 0 Å². The fourth-order valence-electron chi connectivity index (χ4n) is 3.46. The number of carbonyl (C=O) groups excluding carboxylic acids is 1. The molecule has 0 heterocycles. The van der Waals surface area contributed by atoms with Crippen LogP contribution in [-0.2, 0) is 16.1 Å². The first-order valence-electron chi connectivity index (χ1n) is 12.7. The third-order valence-corrected chi connectivity index (χ3v) is 5.26. The smallest absolute Gasteiger partial charge is 0.302 e. The van der Waals surface area contributed by atoms with E-state index in [0.717, 1.165) is 17.8 Å². The first kappa shape index (κ1) is 33.1. The first-order chi connectivity index (χ1) is 15.1. The lowest BCUT2D eigenvalue weighted by Crippen LogP contribution is -2.02. The molecule has 0 aliphatic rings. The number of ether oxygens (including phenoxy) is 1. The van der Waals surface area contributed by atoms with Gasteiger partial charge in [0, 0.05) is 25.8 Å². The van der Waals surface area contributed by atoms with Gasteiger partial charge in [0.1, 0.15) is 6.61 Å². The second-order valence-corrected chi connectivity index (χ2v) is 8.32. The van der Waals surface area contributed by atoms with Crippen molar-refractivity contribution in [2.24, 2.45) is 0 Å². The molecule has 188 valence electrons. The summed E-state index contributed by atoms with van der Waals surface area (Å²) in [6.45, 7) is 7.04. The van der Waals surface area contributed by atoms with Crippen LogP contribution in [0.1, 0.15) is 116 Å². The Hall–Kier alpha value is -1.07. The highest BCUT2D eigenvalue weighted by atomic mass is 79.9. The van der Waals surface area contributed by atoms with Crippen molar-refractivity contribution in [3.63, 3.8) is 0 Å². The molecule has 0 aliphatic carbocycles. The molecular weight excluding hydrogens is 466 g/mol. The molecule has 0 radical (unpaired) electrons. The van der Waals surface area contributed by atoms with Crippen LogP contribution in [0, 0.1) is 0 Å². The number of halogens is 1. The van der Waals surface area contributed by atoms with Gasteiger partial charge in [-0.3, -0.25) is 4.79 Å². The molecule has 0 atom stereocenters. The summed E-state index contributed by atoms with van der Waals surface area (Å²) in [5.41, 5.74) is 2.17. The minimum absolute atomic E-state index is 0. The summed E-state index contributed by atoms with van der Waals surface area (Å²) in [7, 11) is 0. The second kappa shape index (κ2) is 26.2. The lowest BCUT2D eigenvalue weighted by molar-refractivity contribution is -0.142. The van der Waals surface area contributed by atoms with Gasteiger partial charge in [0.2, 0.25) is 0 Å². The van der Waals surface area contributed by atoms with Gasteiger partial charge in [-0.15, -0.1) is 17.0 Å². The summed E-state index contributed by atoms with van der Waals surface area (Å²) in [6.07, 6.45) is 19.5. The highest BCUT2D eigenvalue weighted by Gasteiger charge is 1.98. The third-order valence-electron chi connectivity index (χ3n) is 5.26. The molecule has 0 saturated heterocycles. The summed E-state index contributed by atoms with van der Waals surface area (Å²) < 4.78 is 5.00. The molecule has 0 saturated carbocycles. The van der Waals surface area contributed by atoms with Crippen LogP contribution in [0.2, 0.25) is 0 Å². The Bertz CT molecular complexity index is 508. The van der Waals surface area contributed by atoms with Crippen LogP contribution in [-0.4, -0.2) is 24.2 Å². The van der Waals surface area contributed by atoms with Crippen LogP contribution in [0.3, 0.4) is 0 Å². The van der Waals surface area contributed by atoms with Gasteiger partial charge in [-0.1, -0.05) is 103 Å². The van der Waals surface area contributed by atoms with Gasteiger partial charge in [-0.25, -0.2) is 0 Å². The molecule has 5 heteroatoms. The zero-order valence-electron chi connectivity index (χ0n) is 21.0. The Balaban J connectivity index is 0. The van der Waals surface area contributed by atoms with E-state index in [-0.39, 0.29) is 29.6 Å². The zero-order chi connectivity index (χ0) is 23.0. The SMILES string of the molecule is Br.CCCCCCCCCCCCCCCCNc1ccc(COC(C)=O)cc1.CCO. The maximum atomic E-state index is 10.8. The molecule has 0 unspecified atom stereocenters. The molecule has 0 spiro atoms. The predicted molar refractivity (Wildman–Crippen MR) is 144 cm³/mol. The molecule has 32 heavy (non-hydrogen) atoms. The van der Waals surface area contributed by atoms with Crippen molar-refractivity contribution in [2.45, 2.75) is 117 Å². The molecule has 1 aromatic rings. The quantitative estimate of drug-likeness (QED) is 0.152. The fraction of sp³-hybridized carbons (Fsp3) is 0.741. The number of rotatable bonds is 18. The van der Waals surface area contributed by atoms with Crippen molar-refractivity contribution < 1.29 is 14.6 Å². The van der Waals surface area contributed by atoms with E-state index in [4.69, 9.17) is 9.84 Å². The second-order valence-electron chi connectivity index (χ2n) is 8.32. The monoisotopic (exact) mass is 515 g/mol. The number of anilines is 1. The average Bonchev–Trinajstić information content (AvgIpc) is 2.76. The van der Waals surface area contributed by atoms with Gasteiger partial charge in [0.25, 0.3) is 0 Å². The summed E-state index contributed by atoms with van der Waals surface area (Å²) in [5, 5.41) is 11.0. The van der Waals surface area contributed by atoms with E-state index in [1.807, 2.05) is 12.1 Å². The average molecular weight is 517 g/mol. The molecule has 0 amide bonds. The van der Waals surface area contributed by atoms with E-state index in [1.54, 1.807) is 6.92 Å². The van der Waals surface area contributed by atoms with Crippen molar-refractivity contribution in [3.8, 4) is 0 Å². The van der Waals surface area contributed by atoms with E-state index in [0.29, 0.717) is 6.61 Å². The van der Waals surface area contributed by atoms with Crippen molar-refractivity contribution in [1.29, 1.82) is 0 Å². The van der Waals surface area contributed by atoms with Crippen molar-refractivity contribution in [2.75, 3.05) is 18.5 Å². The fourth-order valence-corrected chi connectivity index (χ4v) is 3.46. The Labute approximate surface area is 208 Å². The summed E-state index contributed by atoms with van der Waals surface area (Å²) in [6, 6.07) is 8.14. The lowest BCUT2D eigenvalue weighted by atomic mass is 10.0. The number of hydrogen-bond acceptors (Lipinski definition) is 4. The standard InChI is InChI=1S/C25H43NO2.C2H6O.BrH/c1-3-4-5-6-7-8-9-10-11-12-13-14-15-16-21-26-25-19-17-24(18-20-25)22-28-23(2)27;1-2-3;/h17-20,26H,3-16,21-22H2,1-2H3;3H,2H2,1H3;1H. The van der Waals surface area contributed by atoms with Gasteiger partial charge < -0.3 is 15.2 Å². The third kappa shape index (κ3) is 23.6. The van der Waals surface area contributed by atoms with E-state index in [2.05, 4.69) is 24.4 Å². The normalized spacial score (nSPS) is 10.0. The number of aliphatic hydroxyl groups excluding tert-OH is 1. The summed E-state index contributed by atoms with van der Waals surface area (Å²) >= 11 is 0. The summed E-state index contributed by atoms with van der Waals surface area (Å²) in [4.78, 5) is 10.8. The van der Waals surface area contributed by atoms with Crippen molar-refractivity contribution in [3.05, 3.63) is 29.8 Å². The number of esters is 1. The van der Waals surface area contributed by atoms with Crippen LogP contribution in [0.5, 0.6) is 0 Å². The number of nitrogens with one attached hydrogen (secondary N) is 1. The molecule has 2 N–H and O–H groups in total. The zero-order valence-corrected chi connectivity index (χ0v) is 22.7. The minimum atomic E-state index is -0.236. The maximum absolute atomic E-state index is 10.8. The van der Waals surface area contributed by atoms with Crippen LogP contribution >= 0.6 is 17.0 Å². The molecular formula is C27H50BrNO3. The van der Waals surface area contributed by atoms with Gasteiger partial charge in [-0.05, 0) is 31.0 Å². The predicted octanol–water partition coefficient (Wildman–Crippen LogP) is 8.22. The van der Waals surface area contributed by atoms with Crippen LogP contribution in [0.25, 0.3) is 0 Å². The number of unbranched alkanes of at least 4 members (excludes halogenated alkanes) is 13. The van der Waals surface area contributed by atoms with Crippen LogP contribution < -0.4 is 5.32 Å². The molecule has 4 nitrogen and oxygen atoms in total. The number of benzene rings is 1. The van der Waals surface area contributed by atoms with Crippen molar-refractivity contribution >= 4 is 28.6 Å². The van der Waals surface area contributed by atoms with Crippen LogP contribution in [0.15, 0.2) is 24.3 Å². The highest BCUT2D eigenvalue weighted by molar-refractivity contribution is 8.93. The van der Waals surface area contributed by atoms with Gasteiger partial charge >= 0.3 is 5.97 Å². The Morgan fingerprint density at radius 2 is 1.19 bits per heavy atom. The Kier molecular flexibility index (Phi) is 27.1. The Morgan fingerprint density at radius 3 is 1.59 bits per heavy atom. The topological polar surface area (TPSA) is 58.6 Å². The largest absolute Gasteiger partial charge is 0.461 e. The van der Waals surface area contributed by atoms with E-state index >= 15 is 0 Å². The number of hydrogen-bond donors (Lipinski definition) is 2. The molecule has 0 aliphatic heterocycles. The maximum Gasteiger partial charge on any atom is 0.302 e. The molecule has 0 bridgehead atoms. The highest BCUT2D eigenvalue weighted by Crippen LogP contribution is 2.14. The minimum Gasteiger partial charge on any atom is -0.461 e. The molecule has 0 fully saturated rings. The van der Waals surface area contributed by atoms with E-state index < -0.39 is 0 Å². The van der Waals surface area contributed by atoms with E-state index in [9.17, 15) is 4.79 Å². The van der Waals surface area contributed by atoms with Gasteiger partial charge in [-0.2, -0.15) is 0 Å². The van der Waals surface area contributed by atoms with Gasteiger partial charge in [0.15, 0.2) is 0 Å². The molecule has 1 aromatic carbocycles. The van der Waals surface area contributed by atoms with E-state index in [1.165, 1.54) is 96.8 Å². The molecule has 1 rings (SSSR count). The summed E-state index contributed by atoms with van der Waals surface area (Å²) in [5.74, 6) is -0.236. The lowest BCUT2D eigenvalue weighted by Gasteiger charge is -2.08. The number of aliphatic hydroxyl groups is 1.